The van der Waals surface area contributed by atoms with Crippen LogP contribution in [-0.4, -0.2) is 87.4 Å². The number of esters is 2. The minimum Gasteiger partial charge on any atom is -0.477 e. The maximum Gasteiger partial charge on any atom is 0.361 e. The van der Waals surface area contributed by atoms with Gasteiger partial charge in [-0.3, -0.25) is 9.59 Å². The van der Waals surface area contributed by atoms with Crippen molar-refractivity contribution in [1.29, 1.82) is 0 Å². The fraction of sp³-hybridized carbons (Fsp3) is 0.908. The van der Waals surface area contributed by atoms with Crippen molar-refractivity contribution in [2.24, 2.45) is 0 Å². The Hall–Kier alpha value is -2.23. The average Bonchev–Trinajstić information content (AvgIpc) is 3.48. The quantitative estimate of drug-likeness (QED) is 0.0211. The molecule has 502 valence electrons. The molecule has 0 aromatic carbocycles. The maximum absolute atomic E-state index is 13.0. The molecule has 2 atom stereocenters. The zero-order valence-corrected chi connectivity index (χ0v) is 57.6. The third kappa shape index (κ3) is 69.1. The number of quaternary nitrogens is 1. The topological polar surface area (TPSA) is 108 Å². The average molecular weight is 1200 g/mol. The van der Waals surface area contributed by atoms with Crippen LogP contribution >= 0.6 is 0 Å². The Kier molecular flexibility index (Phi) is 65.9. The van der Waals surface area contributed by atoms with E-state index in [0.717, 1.165) is 38.5 Å². The van der Waals surface area contributed by atoms with Crippen molar-refractivity contribution in [3.8, 4) is 0 Å². The van der Waals surface area contributed by atoms with Gasteiger partial charge >= 0.3 is 17.9 Å². The van der Waals surface area contributed by atoms with Crippen LogP contribution in [0.5, 0.6) is 0 Å². The third-order valence-corrected chi connectivity index (χ3v) is 17.2. The number of allylic oxidation sites excluding steroid dienone is 4. The number of likely N-dealkylation sites (N-methyl/N-ethyl adjacent to an activating group) is 1. The van der Waals surface area contributed by atoms with Gasteiger partial charge in [0.2, 0.25) is 0 Å². The van der Waals surface area contributed by atoms with E-state index < -0.39 is 18.4 Å². The molecule has 85 heavy (non-hydrogen) atoms. The van der Waals surface area contributed by atoms with E-state index in [9.17, 15) is 19.5 Å². The lowest BCUT2D eigenvalue weighted by Crippen LogP contribution is -2.40. The van der Waals surface area contributed by atoms with Crippen LogP contribution < -0.4 is 0 Å². The van der Waals surface area contributed by atoms with Crippen LogP contribution in [0.2, 0.25) is 0 Å². The smallest absolute Gasteiger partial charge is 0.361 e. The number of ether oxygens (including phenoxy) is 4. The van der Waals surface area contributed by atoms with Crippen LogP contribution in [0.1, 0.15) is 386 Å². The summed E-state index contributed by atoms with van der Waals surface area (Å²) in [6, 6.07) is 0. The van der Waals surface area contributed by atoms with Crippen LogP contribution in [0.4, 0.5) is 0 Å². The number of nitrogens with zero attached hydrogens (tertiary/aromatic N) is 1. The van der Waals surface area contributed by atoms with E-state index in [1.54, 1.807) is 0 Å². The summed E-state index contributed by atoms with van der Waals surface area (Å²) in [4.78, 5) is 37.7. The van der Waals surface area contributed by atoms with E-state index in [1.165, 1.54) is 321 Å². The van der Waals surface area contributed by atoms with Crippen molar-refractivity contribution in [2.75, 3.05) is 47.5 Å². The summed E-state index contributed by atoms with van der Waals surface area (Å²) >= 11 is 0. The fourth-order valence-electron chi connectivity index (χ4n) is 11.4. The van der Waals surface area contributed by atoms with E-state index >= 15 is 0 Å². The normalized spacial score (nSPS) is 12.7. The number of hydrogen-bond donors (Lipinski definition) is 1. The van der Waals surface area contributed by atoms with E-state index in [0.29, 0.717) is 17.4 Å². The van der Waals surface area contributed by atoms with E-state index in [-0.39, 0.29) is 38.2 Å². The van der Waals surface area contributed by atoms with Crippen LogP contribution in [0.25, 0.3) is 0 Å². The molecule has 0 aliphatic heterocycles. The van der Waals surface area contributed by atoms with E-state index in [1.807, 2.05) is 21.1 Å². The van der Waals surface area contributed by atoms with Crippen molar-refractivity contribution in [3.05, 3.63) is 24.3 Å². The second kappa shape index (κ2) is 67.7. The minimum absolute atomic E-state index is 0.175. The molecule has 0 spiro atoms. The van der Waals surface area contributed by atoms with Crippen LogP contribution in [0.15, 0.2) is 24.3 Å². The van der Waals surface area contributed by atoms with Crippen molar-refractivity contribution in [2.45, 2.75) is 399 Å². The predicted octanol–water partition coefficient (Wildman–Crippen LogP) is 23.4. The van der Waals surface area contributed by atoms with E-state index in [4.69, 9.17) is 18.9 Å². The van der Waals surface area contributed by atoms with Gasteiger partial charge in [0, 0.05) is 12.8 Å². The molecule has 0 radical (unpaired) electrons. The summed E-state index contributed by atoms with van der Waals surface area (Å²) in [5.74, 6) is -1.97. The second-order valence-corrected chi connectivity index (χ2v) is 27.0. The van der Waals surface area contributed by atoms with Crippen molar-refractivity contribution >= 4 is 17.9 Å². The summed E-state index contributed by atoms with van der Waals surface area (Å²) in [5.41, 5.74) is 0. The van der Waals surface area contributed by atoms with Gasteiger partial charge in [0.05, 0.1) is 34.4 Å². The number of carbonyl (C=O) groups is 3. The molecule has 0 aliphatic rings. The lowest BCUT2D eigenvalue weighted by molar-refractivity contribution is -0.870. The Balaban J connectivity index is 4.00. The fourth-order valence-corrected chi connectivity index (χ4v) is 11.4. The van der Waals surface area contributed by atoms with Crippen molar-refractivity contribution in [3.63, 3.8) is 0 Å². The number of hydrogen-bond acceptors (Lipinski definition) is 7. The molecule has 0 aromatic rings. The molecule has 0 heterocycles. The van der Waals surface area contributed by atoms with E-state index in [2.05, 4.69) is 38.2 Å². The molecule has 0 amide bonds. The van der Waals surface area contributed by atoms with Gasteiger partial charge in [-0.1, -0.05) is 334 Å². The highest BCUT2D eigenvalue weighted by atomic mass is 16.7. The van der Waals surface area contributed by atoms with Gasteiger partial charge in [0.1, 0.15) is 13.2 Å². The lowest BCUT2D eigenvalue weighted by Gasteiger charge is -2.25. The first kappa shape index (κ1) is 82.8. The zero-order valence-electron chi connectivity index (χ0n) is 57.6. The number of unbranched alkanes of at least 4 members (excludes halogenated alkanes) is 52. The highest BCUT2D eigenvalue weighted by Gasteiger charge is 2.25. The van der Waals surface area contributed by atoms with Gasteiger partial charge in [0.15, 0.2) is 6.10 Å². The largest absolute Gasteiger partial charge is 0.477 e. The minimum atomic E-state index is -1.51. The van der Waals surface area contributed by atoms with Gasteiger partial charge in [-0.05, 0) is 64.2 Å². The van der Waals surface area contributed by atoms with Crippen molar-refractivity contribution in [1.82, 2.24) is 0 Å². The lowest BCUT2D eigenvalue weighted by atomic mass is 10.0. The molecule has 0 bridgehead atoms. The molecular weight excluding hydrogens is 1050 g/mol. The maximum atomic E-state index is 13.0. The first-order valence-electron chi connectivity index (χ1n) is 37.5. The number of rotatable bonds is 71. The molecular formula is C76H146NO8+. The summed E-state index contributed by atoms with van der Waals surface area (Å²) < 4.78 is 23.0. The molecule has 0 rings (SSSR count). The first-order chi connectivity index (χ1) is 41.6. The molecule has 0 aliphatic carbocycles. The molecule has 0 fully saturated rings. The van der Waals surface area contributed by atoms with Gasteiger partial charge < -0.3 is 28.5 Å². The number of aliphatic carboxylic acids is 1. The Labute approximate surface area is 528 Å². The summed E-state index contributed by atoms with van der Waals surface area (Å²) in [5, 5.41) is 9.75. The van der Waals surface area contributed by atoms with Crippen LogP contribution in [0.3, 0.4) is 0 Å². The van der Waals surface area contributed by atoms with Gasteiger partial charge in [-0.25, -0.2) is 4.79 Å². The third-order valence-electron chi connectivity index (χ3n) is 17.2. The summed E-state index contributed by atoms with van der Waals surface area (Å²) in [6.07, 6.45) is 81.8. The zero-order chi connectivity index (χ0) is 61.9. The van der Waals surface area contributed by atoms with Crippen LogP contribution in [0, 0.1) is 0 Å². The summed E-state index contributed by atoms with van der Waals surface area (Å²) in [6.45, 7) is 4.95. The Morgan fingerprint density at radius 2 is 0.600 bits per heavy atom. The molecule has 0 saturated carbocycles. The first-order valence-corrected chi connectivity index (χ1v) is 37.5. The molecule has 9 heteroatoms. The Morgan fingerprint density at radius 1 is 0.341 bits per heavy atom. The monoisotopic (exact) mass is 1200 g/mol. The number of carbonyl (C=O) groups excluding carboxylic acids is 2. The number of carboxylic acids is 1. The predicted molar refractivity (Wildman–Crippen MR) is 364 cm³/mol. The Bertz CT molecular complexity index is 1440. The van der Waals surface area contributed by atoms with Gasteiger partial charge in [-0.2, -0.15) is 0 Å². The molecule has 0 saturated heterocycles. The number of carboxylic acid groups (broad SMARTS) is 1. The summed E-state index contributed by atoms with van der Waals surface area (Å²) in [7, 11) is 5.99. The van der Waals surface area contributed by atoms with Crippen LogP contribution in [-0.2, 0) is 33.3 Å². The van der Waals surface area contributed by atoms with Crippen molar-refractivity contribution < 1.29 is 42.9 Å². The molecule has 0 aromatic heterocycles. The second-order valence-electron chi connectivity index (χ2n) is 27.0. The highest BCUT2D eigenvalue weighted by Crippen LogP contribution is 2.19. The van der Waals surface area contributed by atoms with Gasteiger partial charge in [0.25, 0.3) is 6.29 Å². The molecule has 9 nitrogen and oxygen atoms in total. The molecule has 1 N–H and O–H groups in total. The Morgan fingerprint density at radius 3 is 0.871 bits per heavy atom. The van der Waals surface area contributed by atoms with Gasteiger partial charge in [-0.15, -0.1) is 0 Å². The highest BCUT2D eigenvalue weighted by molar-refractivity contribution is 5.71. The standard InChI is InChI=1S/C76H145NO8/c1-6-8-10-12-14-16-18-20-22-24-26-28-30-32-33-34-35-36-37-38-39-40-41-43-45-47-49-51-53-55-57-59-61-63-65-67-74(79)85-72(71-84-76(75(80)81)82-69-68-77(3,4)5)70-83-73(78)66-64-62-60-58-56-54-52-50-48-46-44-42-31-29-27-25-23-21-19-17-15-13-11-9-7-2/h24-27,72,76H,6-23,28-71H2,1-5H3/p+1/b26-24-,27-25-. The molecule has 2 unspecified atom stereocenters. The SMILES string of the molecule is CCCCCCCCCC/C=C\CCCCCCCCCCCCCCCCCCCCCCCCCC(=O)OC(COC(=O)CCCCCCCCCCCCCCC/C=C\CCCCCCCCCC)COC(OCC[N+](C)(C)C)C(=O)O.